The van der Waals surface area contributed by atoms with Gasteiger partial charge in [0.2, 0.25) is 0 Å². The van der Waals surface area contributed by atoms with Crippen molar-refractivity contribution in [3.63, 3.8) is 0 Å². The molecule has 2 aliphatic heterocycles. The summed E-state index contributed by atoms with van der Waals surface area (Å²) in [5.41, 5.74) is 0.112. The Labute approximate surface area is 221 Å². The molecule has 2 fully saturated rings. The molecule has 2 aromatic carbocycles. The fourth-order valence-corrected chi connectivity index (χ4v) is 6.03. The van der Waals surface area contributed by atoms with Crippen molar-refractivity contribution in [1.29, 1.82) is 0 Å². The van der Waals surface area contributed by atoms with Gasteiger partial charge in [0.15, 0.2) is 0 Å². The number of alkyl halides is 3. The van der Waals surface area contributed by atoms with E-state index in [0.717, 1.165) is 56.7 Å². The highest BCUT2D eigenvalue weighted by Crippen LogP contribution is 2.37. The molecule has 190 valence electrons. The summed E-state index contributed by atoms with van der Waals surface area (Å²) < 4.78 is 40.3. The topological polar surface area (TPSA) is 35.6 Å². The van der Waals surface area contributed by atoms with Crippen molar-refractivity contribution < 1.29 is 18.0 Å². The van der Waals surface area contributed by atoms with Gasteiger partial charge in [-0.3, -0.25) is 9.69 Å². The predicted octanol–water partition coefficient (Wildman–Crippen LogP) is 6.46. The summed E-state index contributed by atoms with van der Waals surface area (Å²) in [5, 5.41) is 4.29. The van der Waals surface area contributed by atoms with Gasteiger partial charge in [-0.1, -0.05) is 45.2 Å². The molecule has 2 atom stereocenters. The molecule has 0 bridgehead atoms. The minimum Gasteiger partial charge on any atom is -0.338 e. The van der Waals surface area contributed by atoms with Gasteiger partial charge in [-0.25, -0.2) is 0 Å². The monoisotopic (exact) mass is 591 g/mol. The summed E-state index contributed by atoms with van der Waals surface area (Å²) in [7, 11) is 1.67. The van der Waals surface area contributed by atoms with Crippen LogP contribution in [0.15, 0.2) is 40.9 Å². The number of carbonyl (C=O) groups excluding carboxylic acids is 1. The number of likely N-dealkylation sites (N-methyl/N-ethyl adjacent to an activating group) is 1. The first-order valence-corrected chi connectivity index (χ1v) is 13.1. The molecule has 0 radical (unpaired) electrons. The van der Waals surface area contributed by atoms with Crippen molar-refractivity contribution in [2.75, 3.05) is 33.2 Å². The quantitative estimate of drug-likeness (QED) is 0.443. The Balaban J connectivity index is 1.63. The number of nitrogens with zero attached hydrogens (tertiary/aromatic N) is 2. The smallest absolute Gasteiger partial charge is 0.338 e. The van der Waals surface area contributed by atoms with Gasteiger partial charge in [0.25, 0.3) is 5.91 Å². The van der Waals surface area contributed by atoms with Crippen molar-refractivity contribution >= 4 is 45.0 Å². The first-order valence-electron chi connectivity index (χ1n) is 11.6. The summed E-state index contributed by atoms with van der Waals surface area (Å²) in [4.78, 5) is 17.5. The Morgan fingerprint density at radius 2 is 1.80 bits per heavy atom. The lowest BCUT2D eigenvalue weighted by atomic mass is 9.83. The summed E-state index contributed by atoms with van der Waals surface area (Å²) >= 11 is 15.6. The van der Waals surface area contributed by atoms with Crippen LogP contribution in [0.3, 0.4) is 0 Å². The summed E-state index contributed by atoms with van der Waals surface area (Å²) in [5.74, 6) is -0.501. The molecular formula is C25H27BrCl2F3N3O. The predicted molar refractivity (Wildman–Crippen MR) is 136 cm³/mol. The van der Waals surface area contributed by atoms with Crippen molar-refractivity contribution in [1.82, 2.24) is 15.1 Å². The highest BCUT2D eigenvalue weighted by molar-refractivity contribution is 9.10. The highest BCUT2D eigenvalue weighted by Gasteiger charge is 2.38. The van der Waals surface area contributed by atoms with Gasteiger partial charge in [0.1, 0.15) is 0 Å². The molecule has 0 saturated carbocycles. The molecule has 0 aromatic heterocycles. The summed E-state index contributed by atoms with van der Waals surface area (Å²) in [6.07, 6.45) is -1.71. The number of hydrogen-bond donors (Lipinski definition) is 1. The fourth-order valence-electron chi connectivity index (χ4n) is 5.23. The van der Waals surface area contributed by atoms with E-state index in [0.29, 0.717) is 22.5 Å². The SMILES string of the molecule is CN(C(=O)c1cc(Br)cc(C(F)(F)F)c1)C1CCN(C2CCNCC2)CC1c1ccc(Cl)c(Cl)c1. The van der Waals surface area contributed by atoms with E-state index in [4.69, 9.17) is 23.2 Å². The number of rotatable bonds is 4. The summed E-state index contributed by atoms with van der Waals surface area (Å²) in [6, 6.07) is 9.12. The summed E-state index contributed by atoms with van der Waals surface area (Å²) in [6.45, 7) is 3.50. The minimum absolute atomic E-state index is 0.00266. The van der Waals surface area contributed by atoms with Crippen molar-refractivity contribution in [2.45, 2.75) is 43.4 Å². The van der Waals surface area contributed by atoms with Crippen LogP contribution in [0, 0.1) is 0 Å². The number of amides is 1. The molecule has 0 spiro atoms. The molecule has 0 aliphatic carbocycles. The number of benzene rings is 2. The van der Waals surface area contributed by atoms with Gasteiger partial charge in [-0.05, 0) is 68.2 Å². The van der Waals surface area contributed by atoms with Gasteiger partial charge >= 0.3 is 6.18 Å². The number of halogens is 6. The molecule has 2 saturated heterocycles. The van der Waals surface area contributed by atoms with Gasteiger partial charge in [0.05, 0.1) is 15.6 Å². The van der Waals surface area contributed by atoms with Gasteiger partial charge in [-0.15, -0.1) is 0 Å². The first kappa shape index (κ1) is 26.7. The molecule has 1 N–H and O–H groups in total. The van der Waals surface area contributed by atoms with Crippen LogP contribution in [0.1, 0.15) is 46.7 Å². The van der Waals surface area contributed by atoms with Crippen molar-refractivity contribution in [2.24, 2.45) is 0 Å². The second kappa shape index (κ2) is 11.0. The number of piperidine rings is 2. The lowest BCUT2D eigenvalue weighted by Gasteiger charge is -2.46. The first-order chi connectivity index (χ1) is 16.5. The lowest BCUT2D eigenvalue weighted by molar-refractivity contribution is -0.137. The standard InChI is InChI=1S/C25H27BrCl2F3N3O/c1-33(24(35)16-10-17(25(29,30)31)13-18(26)11-16)23-6-9-34(19-4-7-32-8-5-19)14-20(23)15-2-3-21(27)22(28)12-15/h2-3,10-13,19-20,23,32H,4-9,14H2,1H3. The largest absolute Gasteiger partial charge is 0.416 e. The maximum Gasteiger partial charge on any atom is 0.416 e. The zero-order chi connectivity index (χ0) is 25.3. The maximum atomic E-state index is 13.4. The maximum absolute atomic E-state index is 13.4. The molecule has 35 heavy (non-hydrogen) atoms. The minimum atomic E-state index is -4.54. The zero-order valence-corrected chi connectivity index (χ0v) is 22.3. The molecule has 1 amide bonds. The van der Waals surface area contributed by atoms with Crippen LogP contribution in [0.5, 0.6) is 0 Å². The van der Waals surface area contributed by atoms with Crippen molar-refractivity contribution in [3.8, 4) is 0 Å². The van der Waals surface area contributed by atoms with Crippen LogP contribution < -0.4 is 5.32 Å². The second-order valence-corrected chi connectivity index (χ2v) is 11.0. The molecule has 4 nitrogen and oxygen atoms in total. The molecular weight excluding hydrogens is 566 g/mol. The molecule has 2 heterocycles. The van der Waals surface area contributed by atoms with Gasteiger partial charge in [0, 0.05) is 48.2 Å². The molecule has 4 rings (SSSR count). The van der Waals surface area contributed by atoms with Crippen LogP contribution >= 0.6 is 39.1 Å². The number of hydrogen-bond acceptors (Lipinski definition) is 3. The van der Waals surface area contributed by atoms with Gasteiger partial charge < -0.3 is 10.2 Å². The number of nitrogens with one attached hydrogen (secondary N) is 1. The van der Waals surface area contributed by atoms with Crippen LogP contribution in [-0.4, -0.2) is 61.0 Å². The third-order valence-corrected chi connectivity index (χ3v) is 8.29. The van der Waals surface area contributed by atoms with E-state index >= 15 is 0 Å². The average Bonchev–Trinajstić information content (AvgIpc) is 2.84. The molecule has 2 aromatic rings. The van der Waals surface area contributed by atoms with Crippen LogP contribution in [0.25, 0.3) is 0 Å². The van der Waals surface area contributed by atoms with E-state index in [1.165, 1.54) is 6.07 Å². The highest BCUT2D eigenvalue weighted by atomic mass is 79.9. The van der Waals surface area contributed by atoms with E-state index in [1.54, 1.807) is 18.0 Å². The average molecular weight is 593 g/mol. The van der Waals surface area contributed by atoms with E-state index in [2.05, 4.69) is 26.1 Å². The van der Waals surface area contributed by atoms with Crippen LogP contribution in [-0.2, 0) is 6.18 Å². The Bertz CT molecular complexity index is 1080. The lowest BCUT2D eigenvalue weighted by Crippen LogP contribution is -2.54. The number of likely N-dealkylation sites (tertiary alicyclic amines) is 1. The third kappa shape index (κ3) is 6.16. The number of carbonyl (C=O) groups is 1. The van der Waals surface area contributed by atoms with Crippen molar-refractivity contribution in [3.05, 3.63) is 67.6 Å². The van der Waals surface area contributed by atoms with E-state index in [-0.39, 0.29) is 22.0 Å². The normalized spacial score (nSPS) is 22.3. The van der Waals surface area contributed by atoms with E-state index < -0.39 is 17.6 Å². The Morgan fingerprint density at radius 3 is 2.46 bits per heavy atom. The van der Waals surface area contributed by atoms with Gasteiger partial charge in [-0.2, -0.15) is 13.2 Å². The molecule has 10 heteroatoms. The van der Waals surface area contributed by atoms with Crippen LogP contribution in [0.4, 0.5) is 13.2 Å². The Hall–Kier alpha value is -1.32. The molecule has 2 aliphatic rings. The fraction of sp³-hybridized carbons (Fsp3) is 0.480. The zero-order valence-electron chi connectivity index (χ0n) is 19.2. The second-order valence-electron chi connectivity index (χ2n) is 9.25. The Morgan fingerprint density at radius 1 is 1.09 bits per heavy atom. The van der Waals surface area contributed by atoms with Crippen LogP contribution in [0.2, 0.25) is 10.0 Å². The molecule has 2 unspecified atom stereocenters. The third-order valence-electron chi connectivity index (χ3n) is 7.09. The van der Waals surface area contributed by atoms with E-state index in [9.17, 15) is 18.0 Å². The van der Waals surface area contributed by atoms with E-state index in [1.807, 2.05) is 12.1 Å². The Kier molecular flexibility index (Phi) is 8.38.